The second kappa shape index (κ2) is 20.0. The van der Waals surface area contributed by atoms with Crippen LogP contribution in [0, 0.1) is 0 Å². The zero-order chi connectivity index (χ0) is 17.7. The molecule has 8 nitrogen and oxygen atoms in total. The Kier molecular flexibility index (Phi) is 19.0. The highest BCUT2D eigenvalue weighted by Crippen LogP contribution is 1.96. The number of rotatable bonds is 18. The van der Waals surface area contributed by atoms with Gasteiger partial charge in [0.15, 0.2) is 0 Å². The number of hydrogen-bond acceptors (Lipinski definition) is 8. The van der Waals surface area contributed by atoms with Gasteiger partial charge in [0, 0.05) is 21.3 Å². The summed E-state index contributed by atoms with van der Waals surface area (Å²) < 4.78 is 41.2. The Hall–Kier alpha value is -1.10. The van der Waals surface area contributed by atoms with Crippen molar-refractivity contribution in [2.24, 2.45) is 0 Å². The van der Waals surface area contributed by atoms with Gasteiger partial charge in [-0.05, 0) is 12.2 Å². The minimum atomic E-state index is -0.870. The summed E-state index contributed by atoms with van der Waals surface area (Å²) in [6, 6.07) is 0. The Morgan fingerprint density at radius 2 is 1.08 bits per heavy atom. The standard InChI is InChI=1S/C15H29BO8/c1-17-10-13-20-6-4-8-22-16(24-15-12-19-3)23-9-5-7-21-14-11-18-2/h4-5,8-9H,6-7,10-15H2,1-3H3/b8-4-,9-5+. The molecule has 0 rings (SSSR count). The molecule has 0 aromatic rings. The van der Waals surface area contributed by atoms with E-state index < -0.39 is 7.32 Å². The van der Waals surface area contributed by atoms with Crippen molar-refractivity contribution >= 4 is 7.32 Å². The van der Waals surface area contributed by atoms with E-state index in [1.165, 1.54) is 12.5 Å². The van der Waals surface area contributed by atoms with Crippen LogP contribution in [0.3, 0.4) is 0 Å². The molecule has 0 saturated carbocycles. The second-order valence-electron chi connectivity index (χ2n) is 4.30. The monoisotopic (exact) mass is 348 g/mol. The van der Waals surface area contributed by atoms with Gasteiger partial charge in [0.1, 0.15) is 0 Å². The van der Waals surface area contributed by atoms with Gasteiger partial charge in [0.05, 0.1) is 65.4 Å². The summed E-state index contributed by atoms with van der Waals surface area (Å²) in [5.74, 6) is 0. The fourth-order valence-corrected chi connectivity index (χ4v) is 1.24. The molecular weight excluding hydrogens is 319 g/mol. The molecule has 0 spiro atoms. The van der Waals surface area contributed by atoms with E-state index in [9.17, 15) is 0 Å². The summed E-state index contributed by atoms with van der Waals surface area (Å²) in [5.41, 5.74) is 0. The van der Waals surface area contributed by atoms with Crippen LogP contribution in [0.4, 0.5) is 0 Å². The first-order chi connectivity index (χ1) is 11.8. The van der Waals surface area contributed by atoms with Gasteiger partial charge < -0.3 is 37.6 Å². The summed E-state index contributed by atoms with van der Waals surface area (Å²) in [5, 5.41) is 0. The van der Waals surface area contributed by atoms with Crippen molar-refractivity contribution in [3.63, 3.8) is 0 Å². The molecule has 0 fully saturated rings. The Morgan fingerprint density at radius 3 is 1.54 bits per heavy atom. The maximum atomic E-state index is 5.38. The van der Waals surface area contributed by atoms with E-state index in [0.717, 1.165) is 0 Å². The highest BCUT2D eigenvalue weighted by Gasteiger charge is 2.22. The SMILES string of the molecule is COCCOC/C=C\OB(O/C=C/COCCOC)OCCOC. The largest absolute Gasteiger partial charge is 0.787 e. The van der Waals surface area contributed by atoms with E-state index in [1.807, 2.05) is 0 Å². The second-order valence-corrected chi connectivity index (χ2v) is 4.30. The fourth-order valence-electron chi connectivity index (χ4n) is 1.24. The first kappa shape index (κ1) is 22.9. The maximum absolute atomic E-state index is 5.38. The Bertz CT molecular complexity index is 277. The molecule has 0 aromatic carbocycles. The molecule has 0 N–H and O–H groups in total. The van der Waals surface area contributed by atoms with E-state index in [-0.39, 0.29) is 0 Å². The number of methoxy groups -OCH3 is 3. The van der Waals surface area contributed by atoms with Crippen LogP contribution in [-0.4, -0.2) is 81.5 Å². The lowest BCUT2D eigenvalue weighted by molar-refractivity contribution is 0.0828. The van der Waals surface area contributed by atoms with Crippen LogP contribution in [0.15, 0.2) is 24.7 Å². The molecule has 0 aliphatic heterocycles. The van der Waals surface area contributed by atoms with Crippen molar-refractivity contribution in [3.05, 3.63) is 24.7 Å². The van der Waals surface area contributed by atoms with Crippen molar-refractivity contribution in [3.8, 4) is 0 Å². The maximum Gasteiger partial charge on any atom is 0.787 e. The lowest BCUT2D eigenvalue weighted by Crippen LogP contribution is -2.25. The van der Waals surface area contributed by atoms with Gasteiger partial charge in [-0.15, -0.1) is 0 Å². The molecule has 0 aromatic heterocycles. The highest BCUT2D eigenvalue weighted by molar-refractivity contribution is 6.36. The number of ether oxygens (including phenoxy) is 5. The third kappa shape index (κ3) is 17.3. The Labute approximate surface area is 144 Å². The average molecular weight is 348 g/mol. The van der Waals surface area contributed by atoms with Crippen molar-refractivity contribution in [2.45, 2.75) is 0 Å². The van der Waals surface area contributed by atoms with Crippen molar-refractivity contribution in [1.29, 1.82) is 0 Å². The van der Waals surface area contributed by atoms with Crippen molar-refractivity contribution in [2.75, 3.05) is 74.2 Å². The molecule has 0 atom stereocenters. The lowest BCUT2D eigenvalue weighted by Gasteiger charge is -2.10. The van der Waals surface area contributed by atoms with Crippen molar-refractivity contribution < 1.29 is 37.6 Å². The van der Waals surface area contributed by atoms with E-state index in [2.05, 4.69) is 0 Å². The smallest absolute Gasteiger partial charge is 0.508 e. The predicted octanol–water partition coefficient (Wildman–Crippen LogP) is 1.02. The first-order valence-electron chi connectivity index (χ1n) is 7.70. The van der Waals surface area contributed by atoms with Crippen LogP contribution in [0.1, 0.15) is 0 Å². The lowest BCUT2D eigenvalue weighted by atomic mass is 10.2. The van der Waals surface area contributed by atoms with Crippen molar-refractivity contribution in [1.82, 2.24) is 0 Å². The molecule has 0 heterocycles. The van der Waals surface area contributed by atoms with Gasteiger partial charge >= 0.3 is 7.32 Å². The molecule has 0 aliphatic carbocycles. The van der Waals surface area contributed by atoms with Crippen LogP contribution in [0.5, 0.6) is 0 Å². The molecule has 0 unspecified atom stereocenters. The number of hydrogen-bond donors (Lipinski definition) is 0. The molecule has 0 saturated heterocycles. The summed E-state index contributed by atoms with van der Waals surface area (Å²) in [7, 11) is 3.97. The average Bonchev–Trinajstić information content (AvgIpc) is 2.59. The van der Waals surface area contributed by atoms with Gasteiger partial charge in [0.2, 0.25) is 0 Å². The summed E-state index contributed by atoms with van der Waals surface area (Å²) in [4.78, 5) is 0. The summed E-state index contributed by atoms with van der Waals surface area (Å²) >= 11 is 0. The molecular formula is C15H29BO8. The first-order valence-corrected chi connectivity index (χ1v) is 7.70. The van der Waals surface area contributed by atoms with Crippen LogP contribution in [-0.2, 0) is 37.6 Å². The third-order valence-electron chi connectivity index (χ3n) is 2.40. The Morgan fingerprint density at radius 1 is 0.625 bits per heavy atom. The topological polar surface area (TPSA) is 73.8 Å². The van der Waals surface area contributed by atoms with Gasteiger partial charge in [0.25, 0.3) is 0 Å². The minimum Gasteiger partial charge on any atom is -0.508 e. The summed E-state index contributed by atoms with van der Waals surface area (Å²) in [6.07, 6.45) is 6.35. The molecule has 9 heteroatoms. The molecule has 140 valence electrons. The van der Waals surface area contributed by atoms with E-state index in [4.69, 9.17) is 37.6 Å². The minimum absolute atomic E-state index is 0.345. The zero-order valence-electron chi connectivity index (χ0n) is 14.8. The molecule has 0 radical (unpaired) electrons. The van der Waals surface area contributed by atoms with Crippen LogP contribution < -0.4 is 0 Å². The van der Waals surface area contributed by atoms with Gasteiger partial charge in [-0.2, -0.15) is 0 Å². The summed E-state index contributed by atoms with van der Waals surface area (Å²) in [6.45, 7) is 3.77. The van der Waals surface area contributed by atoms with Crippen LogP contribution >= 0.6 is 0 Å². The predicted molar refractivity (Wildman–Crippen MR) is 89.4 cm³/mol. The molecule has 0 amide bonds. The molecule has 24 heavy (non-hydrogen) atoms. The van der Waals surface area contributed by atoms with E-state index >= 15 is 0 Å². The van der Waals surface area contributed by atoms with E-state index in [1.54, 1.807) is 33.5 Å². The normalized spacial score (nSPS) is 11.5. The highest BCUT2D eigenvalue weighted by atomic mass is 16.7. The third-order valence-corrected chi connectivity index (χ3v) is 2.40. The van der Waals surface area contributed by atoms with Crippen LogP contribution in [0.2, 0.25) is 0 Å². The molecule has 0 bridgehead atoms. The van der Waals surface area contributed by atoms with Gasteiger partial charge in [-0.3, -0.25) is 0 Å². The quantitative estimate of drug-likeness (QED) is 0.207. The zero-order valence-corrected chi connectivity index (χ0v) is 14.8. The van der Waals surface area contributed by atoms with Gasteiger partial charge in [-0.1, -0.05) is 0 Å². The molecule has 0 aliphatic rings. The fraction of sp³-hybridized carbons (Fsp3) is 0.733. The Balaban J connectivity index is 3.90. The van der Waals surface area contributed by atoms with Crippen LogP contribution in [0.25, 0.3) is 0 Å². The van der Waals surface area contributed by atoms with Gasteiger partial charge in [-0.25, -0.2) is 0 Å². The van der Waals surface area contributed by atoms with E-state index in [0.29, 0.717) is 52.9 Å².